The SMILES string of the molecule is CC(=O)NCCCc1nnc(Sc2ccc(C(F)(F)F)cc2[N+](=O)[O-])n1Cc1ccccc1. The molecule has 12 heteroatoms. The monoisotopic (exact) mass is 479 g/mol. The van der Waals surface area contributed by atoms with Gasteiger partial charge < -0.3 is 9.88 Å². The molecule has 0 aliphatic carbocycles. The third-order valence-corrected chi connectivity index (χ3v) is 5.66. The van der Waals surface area contributed by atoms with Gasteiger partial charge in [0, 0.05) is 26.0 Å². The minimum absolute atomic E-state index is 0.0273. The zero-order valence-corrected chi connectivity index (χ0v) is 18.3. The number of amides is 1. The van der Waals surface area contributed by atoms with Crippen LogP contribution in [0, 0.1) is 10.1 Å². The third-order valence-electron chi connectivity index (χ3n) is 4.61. The van der Waals surface area contributed by atoms with Crippen LogP contribution < -0.4 is 5.32 Å². The molecule has 3 rings (SSSR count). The smallest absolute Gasteiger partial charge is 0.356 e. The number of hydrogen-bond acceptors (Lipinski definition) is 6. The third kappa shape index (κ3) is 6.54. The molecule has 33 heavy (non-hydrogen) atoms. The normalized spacial score (nSPS) is 11.4. The van der Waals surface area contributed by atoms with Crippen LogP contribution in [-0.2, 0) is 23.9 Å². The summed E-state index contributed by atoms with van der Waals surface area (Å²) in [6.07, 6.45) is -3.62. The first-order valence-corrected chi connectivity index (χ1v) is 10.7. The van der Waals surface area contributed by atoms with E-state index in [1.807, 2.05) is 30.3 Å². The summed E-state index contributed by atoms with van der Waals surface area (Å²) in [5.41, 5.74) is -0.816. The van der Waals surface area contributed by atoms with Crippen LogP contribution in [0.3, 0.4) is 0 Å². The first-order chi connectivity index (χ1) is 15.6. The molecule has 0 aliphatic rings. The molecule has 1 N–H and O–H groups in total. The Bertz CT molecular complexity index is 1140. The van der Waals surface area contributed by atoms with Gasteiger partial charge in [0.05, 0.1) is 21.9 Å². The number of aryl methyl sites for hydroxylation is 1. The minimum atomic E-state index is -4.69. The number of nitrogens with zero attached hydrogens (tertiary/aromatic N) is 4. The van der Waals surface area contributed by atoms with E-state index in [9.17, 15) is 28.1 Å². The van der Waals surface area contributed by atoms with Gasteiger partial charge in [0.2, 0.25) is 5.91 Å². The largest absolute Gasteiger partial charge is 0.416 e. The van der Waals surface area contributed by atoms with Crippen LogP contribution in [-0.4, -0.2) is 32.1 Å². The Balaban J connectivity index is 1.92. The van der Waals surface area contributed by atoms with Gasteiger partial charge in [0.15, 0.2) is 5.16 Å². The van der Waals surface area contributed by atoms with Crippen molar-refractivity contribution < 1.29 is 22.9 Å². The maximum absolute atomic E-state index is 13.0. The van der Waals surface area contributed by atoms with Crippen molar-refractivity contribution in [2.24, 2.45) is 0 Å². The first-order valence-electron chi connectivity index (χ1n) is 9.89. The number of nitro groups is 1. The summed E-state index contributed by atoms with van der Waals surface area (Å²) in [6, 6.07) is 11.8. The number of nitrogens with one attached hydrogen (secondary N) is 1. The van der Waals surface area contributed by atoms with Gasteiger partial charge in [0.1, 0.15) is 5.82 Å². The fourth-order valence-corrected chi connectivity index (χ4v) is 3.97. The molecule has 0 radical (unpaired) electrons. The van der Waals surface area contributed by atoms with Crippen LogP contribution in [0.2, 0.25) is 0 Å². The van der Waals surface area contributed by atoms with Gasteiger partial charge in [-0.05, 0) is 35.9 Å². The summed E-state index contributed by atoms with van der Waals surface area (Å²) in [4.78, 5) is 21.7. The fourth-order valence-electron chi connectivity index (χ4n) is 3.04. The van der Waals surface area contributed by atoms with E-state index in [2.05, 4.69) is 15.5 Å². The number of benzene rings is 2. The Morgan fingerprint density at radius 1 is 1.18 bits per heavy atom. The van der Waals surface area contributed by atoms with Gasteiger partial charge in [-0.15, -0.1) is 10.2 Å². The van der Waals surface area contributed by atoms with E-state index >= 15 is 0 Å². The zero-order chi connectivity index (χ0) is 24.0. The quantitative estimate of drug-likeness (QED) is 0.276. The van der Waals surface area contributed by atoms with Crippen molar-refractivity contribution in [1.29, 1.82) is 0 Å². The van der Waals surface area contributed by atoms with Crippen molar-refractivity contribution in [3.63, 3.8) is 0 Å². The molecule has 0 saturated heterocycles. The van der Waals surface area contributed by atoms with E-state index in [4.69, 9.17) is 0 Å². The van der Waals surface area contributed by atoms with Crippen molar-refractivity contribution in [2.45, 2.75) is 42.5 Å². The number of aromatic nitrogens is 3. The van der Waals surface area contributed by atoms with E-state index < -0.39 is 22.4 Å². The van der Waals surface area contributed by atoms with E-state index in [1.54, 1.807) is 4.57 Å². The molecular weight excluding hydrogens is 459 g/mol. The second-order valence-electron chi connectivity index (χ2n) is 7.10. The molecule has 0 fully saturated rings. The van der Waals surface area contributed by atoms with Crippen molar-refractivity contribution in [3.05, 3.63) is 75.6 Å². The number of carbonyl (C=O) groups is 1. The summed E-state index contributed by atoms with van der Waals surface area (Å²) < 4.78 is 40.8. The van der Waals surface area contributed by atoms with Crippen LogP contribution in [0.15, 0.2) is 58.6 Å². The minimum Gasteiger partial charge on any atom is -0.356 e. The van der Waals surface area contributed by atoms with Gasteiger partial charge in [-0.3, -0.25) is 14.9 Å². The molecule has 0 saturated carbocycles. The maximum atomic E-state index is 13.0. The summed E-state index contributed by atoms with van der Waals surface area (Å²) in [6.45, 7) is 2.24. The van der Waals surface area contributed by atoms with Crippen molar-refractivity contribution >= 4 is 23.4 Å². The lowest BCUT2D eigenvalue weighted by atomic mass is 10.2. The van der Waals surface area contributed by atoms with Crippen molar-refractivity contribution in [3.8, 4) is 0 Å². The van der Waals surface area contributed by atoms with Crippen molar-refractivity contribution in [2.75, 3.05) is 6.54 Å². The summed E-state index contributed by atoms with van der Waals surface area (Å²) in [7, 11) is 0. The molecule has 0 spiro atoms. The molecule has 174 valence electrons. The molecule has 0 aliphatic heterocycles. The molecule has 1 amide bonds. The van der Waals surface area contributed by atoms with E-state index in [1.165, 1.54) is 6.92 Å². The Kier molecular flexibility index (Phi) is 7.69. The molecule has 1 heterocycles. The molecular formula is C21H20F3N5O3S. The highest BCUT2D eigenvalue weighted by molar-refractivity contribution is 7.99. The van der Waals surface area contributed by atoms with E-state index in [0.29, 0.717) is 43.0 Å². The average Bonchev–Trinajstić information content (AvgIpc) is 3.12. The Hall–Kier alpha value is -3.41. The second-order valence-corrected chi connectivity index (χ2v) is 8.11. The predicted molar refractivity (Wildman–Crippen MR) is 115 cm³/mol. The Labute approximate surface area is 191 Å². The highest BCUT2D eigenvalue weighted by atomic mass is 32.2. The van der Waals surface area contributed by atoms with Gasteiger partial charge in [-0.2, -0.15) is 13.2 Å². The van der Waals surface area contributed by atoms with E-state index in [0.717, 1.165) is 29.5 Å². The van der Waals surface area contributed by atoms with Crippen LogP contribution in [0.25, 0.3) is 0 Å². The number of carbonyl (C=O) groups excluding carboxylic acids is 1. The fraction of sp³-hybridized carbons (Fsp3) is 0.286. The number of halogens is 3. The topological polar surface area (TPSA) is 103 Å². The lowest BCUT2D eigenvalue weighted by Gasteiger charge is -2.12. The van der Waals surface area contributed by atoms with Crippen LogP contribution in [0.5, 0.6) is 0 Å². The highest BCUT2D eigenvalue weighted by Crippen LogP contribution is 2.39. The Morgan fingerprint density at radius 2 is 1.91 bits per heavy atom. The number of alkyl halides is 3. The summed E-state index contributed by atoms with van der Waals surface area (Å²) in [5.74, 6) is 0.452. The van der Waals surface area contributed by atoms with Crippen LogP contribution >= 0.6 is 11.8 Å². The summed E-state index contributed by atoms with van der Waals surface area (Å²) in [5, 5.41) is 22.8. The molecule has 0 unspecified atom stereocenters. The van der Waals surface area contributed by atoms with Crippen LogP contribution in [0.4, 0.5) is 18.9 Å². The van der Waals surface area contributed by atoms with Gasteiger partial charge in [-0.25, -0.2) is 0 Å². The maximum Gasteiger partial charge on any atom is 0.416 e. The van der Waals surface area contributed by atoms with Crippen molar-refractivity contribution in [1.82, 2.24) is 20.1 Å². The van der Waals surface area contributed by atoms with Crippen LogP contribution in [0.1, 0.15) is 30.3 Å². The summed E-state index contributed by atoms with van der Waals surface area (Å²) >= 11 is 0.883. The standard InChI is InChI=1S/C21H20F3N5O3S/c1-14(30)25-11-5-8-19-26-27-20(28(19)13-15-6-3-2-4-7-15)33-18-10-9-16(21(22,23)24)12-17(18)29(31)32/h2-4,6-7,9-10,12H,5,8,11,13H2,1H3,(H,25,30). The molecule has 0 atom stereocenters. The second kappa shape index (κ2) is 10.5. The predicted octanol–water partition coefficient (Wildman–Crippen LogP) is 4.47. The number of rotatable bonds is 9. The number of nitro benzene ring substituents is 1. The molecule has 1 aromatic heterocycles. The molecule has 2 aromatic carbocycles. The average molecular weight is 479 g/mol. The van der Waals surface area contributed by atoms with E-state index in [-0.39, 0.29) is 10.8 Å². The van der Waals surface area contributed by atoms with Gasteiger partial charge in [-0.1, -0.05) is 30.3 Å². The molecule has 3 aromatic rings. The lowest BCUT2D eigenvalue weighted by molar-refractivity contribution is -0.388. The first kappa shape index (κ1) is 24.2. The highest BCUT2D eigenvalue weighted by Gasteiger charge is 2.33. The Morgan fingerprint density at radius 3 is 2.55 bits per heavy atom. The molecule has 0 bridgehead atoms. The van der Waals surface area contributed by atoms with Gasteiger partial charge in [0.25, 0.3) is 5.69 Å². The van der Waals surface area contributed by atoms with Gasteiger partial charge >= 0.3 is 6.18 Å². The zero-order valence-electron chi connectivity index (χ0n) is 17.5. The lowest BCUT2D eigenvalue weighted by Crippen LogP contribution is -2.21. The number of hydrogen-bond donors (Lipinski definition) is 1. The molecule has 8 nitrogen and oxygen atoms in total.